The first-order valence-corrected chi connectivity index (χ1v) is 5.51. The van der Waals surface area contributed by atoms with Crippen molar-refractivity contribution < 1.29 is 4.74 Å². The van der Waals surface area contributed by atoms with Gasteiger partial charge < -0.3 is 4.74 Å². The first kappa shape index (κ1) is 11.2. The predicted molar refractivity (Wildman–Crippen MR) is 66.5 cm³/mol. The van der Waals surface area contributed by atoms with Crippen LogP contribution < -0.4 is 4.74 Å². The molecule has 2 aromatic carbocycles. The second-order valence-electron chi connectivity index (χ2n) is 3.75. The molecular weight excluding hydrogens is 210 g/mol. The van der Waals surface area contributed by atoms with Gasteiger partial charge in [0.2, 0.25) is 0 Å². The van der Waals surface area contributed by atoms with Crippen LogP contribution in [0.2, 0.25) is 0 Å². The van der Waals surface area contributed by atoms with Gasteiger partial charge in [-0.2, -0.15) is 5.26 Å². The molecule has 0 unspecified atom stereocenters. The number of rotatable bonds is 4. The van der Waals surface area contributed by atoms with Gasteiger partial charge in [0.1, 0.15) is 12.4 Å². The molecule has 2 heteroatoms. The van der Waals surface area contributed by atoms with Crippen molar-refractivity contribution in [1.82, 2.24) is 0 Å². The van der Waals surface area contributed by atoms with Gasteiger partial charge in [0.25, 0.3) is 0 Å². The Morgan fingerprint density at radius 1 is 0.882 bits per heavy atom. The van der Waals surface area contributed by atoms with Gasteiger partial charge in [-0.25, -0.2) is 0 Å². The van der Waals surface area contributed by atoms with Gasteiger partial charge in [-0.05, 0) is 23.3 Å². The van der Waals surface area contributed by atoms with Gasteiger partial charge in [0, 0.05) is 0 Å². The van der Waals surface area contributed by atoms with Crippen LogP contribution in [-0.2, 0) is 13.0 Å². The van der Waals surface area contributed by atoms with Gasteiger partial charge in [-0.1, -0.05) is 42.5 Å². The molecule has 2 aromatic rings. The summed E-state index contributed by atoms with van der Waals surface area (Å²) in [5.41, 5.74) is 2.14. The van der Waals surface area contributed by atoms with E-state index >= 15 is 0 Å². The van der Waals surface area contributed by atoms with Crippen LogP contribution in [0.25, 0.3) is 0 Å². The fraction of sp³-hybridized carbons (Fsp3) is 0.133. The fourth-order valence-electron chi connectivity index (χ4n) is 1.53. The molecule has 17 heavy (non-hydrogen) atoms. The number of nitriles is 1. The monoisotopic (exact) mass is 223 g/mol. The van der Waals surface area contributed by atoms with Crippen LogP contribution in [0, 0.1) is 11.3 Å². The Balaban J connectivity index is 1.94. The lowest BCUT2D eigenvalue weighted by Crippen LogP contribution is -1.95. The highest BCUT2D eigenvalue weighted by atomic mass is 16.5. The van der Waals surface area contributed by atoms with Gasteiger partial charge in [-0.15, -0.1) is 0 Å². The van der Waals surface area contributed by atoms with Crippen molar-refractivity contribution in [3.63, 3.8) is 0 Å². The number of hydrogen-bond donors (Lipinski definition) is 0. The zero-order chi connectivity index (χ0) is 11.9. The first-order chi connectivity index (χ1) is 8.38. The summed E-state index contributed by atoms with van der Waals surface area (Å²) in [6.07, 6.45) is 0.458. The Morgan fingerprint density at radius 2 is 1.53 bits per heavy atom. The van der Waals surface area contributed by atoms with E-state index in [4.69, 9.17) is 10.00 Å². The zero-order valence-electron chi connectivity index (χ0n) is 9.47. The summed E-state index contributed by atoms with van der Waals surface area (Å²) in [7, 11) is 0. The highest BCUT2D eigenvalue weighted by Gasteiger charge is 1.96. The molecule has 84 valence electrons. The van der Waals surface area contributed by atoms with Crippen molar-refractivity contribution in [3.8, 4) is 11.8 Å². The van der Waals surface area contributed by atoms with Crippen molar-refractivity contribution in [1.29, 1.82) is 5.26 Å². The second kappa shape index (κ2) is 5.72. The van der Waals surface area contributed by atoms with Crippen LogP contribution in [0.5, 0.6) is 5.75 Å². The Morgan fingerprint density at radius 3 is 2.18 bits per heavy atom. The average Bonchev–Trinajstić information content (AvgIpc) is 2.40. The molecule has 0 N–H and O–H groups in total. The lowest BCUT2D eigenvalue weighted by molar-refractivity contribution is 0.306. The molecule has 2 rings (SSSR count). The van der Waals surface area contributed by atoms with Crippen LogP contribution in [0.4, 0.5) is 0 Å². The molecule has 0 radical (unpaired) electrons. The quantitative estimate of drug-likeness (QED) is 0.796. The smallest absolute Gasteiger partial charge is 0.119 e. The summed E-state index contributed by atoms with van der Waals surface area (Å²) < 4.78 is 5.63. The minimum Gasteiger partial charge on any atom is -0.489 e. The van der Waals surface area contributed by atoms with E-state index in [1.165, 1.54) is 0 Å². The lowest BCUT2D eigenvalue weighted by atomic mass is 10.1. The minimum atomic E-state index is 0.458. The summed E-state index contributed by atoms with van der Waals surface area (Å²) in [5, 5.41) is 8.57. The van der Waals surface area contributed by atoms with Crippen molar-refractivity contribution in [2.24, 2.45) is 0 Å². The Kier molecular flexibility index (Phi) is 3.77. The van der Waals surface area contributed by atoms with E-state index in [0.29, 0.717) is 13.0 Å². The molecule has 0 spiro atoms. The van der Waals surface area contributed by atoms with E-state index < -0.39 is 0 Å². The lowest BCUT2D eigenvalue weighted by Gasteiger charge is -2.06. The fourth-order valence-corrected chi connectivity index (χ4v) is 1.53. The largest absolute Gasteiger partial charge is 0.489 e. The molecule has 0 aliphatic rings. The maximum Gasteiger partial charge on any atom is 0.119 e. The van der Waals surface area contributed by atoms with Crippen LogP contribution in [0.1, 0.15) is 11.1 Å². The van der Waals surface area contributed by atoms with E-state index in [0.717, 1.165) is 16.9 Å². The highest BCUT2D eigenvalue weighted by molar-refractivity contribution is 5.25. The third kappa shape index (κ3) is 3.35. The second-order valence-corrected chi connectivity index (χ2v) is 3.75. The molecule has 0 aromatic heterocycles. The van der Waals surface area contributed by atoms with Crippen molar-refractivity contribution in [2.75, 3.05) is 0 Å². The molecule has 0 aliphatic heterocycles. The third-order valence-corrected chi connectivity index (χ3v) is 2.45. The van der Waals surface area contributed by atoms with Crippen molar-refractivity contribution in [3.05, 3.63) is 65.7 Å². The molecule has 0 aliphatic carbocycles. The number of hydrogen-bond acceptors (Lipinski definition) is 2. The van der Waals surface area contributed by atoms with E-state index in [-0.39, 0.29) is 0 Å². The molecule has 0 saturated heterocycles. The maximum atomic E-state index is 8.57. The summed E-state index contributed by atoms with van der Waals surface area (Å²) in [6, 6.07) is 19.8. The number of para-hydroxylation sites is 1. The SMILES string of the molecule is N#CCc1ccc(COc2ccccc2)cc1. The van der Waals surface area contributed by atoms with Gasteiger partial charge in [0.05, 0.1) is 12.5 Å². The molecule has 0 amide bonds. The minimum absolute atomic E-state index is 0.458. The van der Waals surface area contributed by atoms with E-state index in [2.05, 4.69) is 6.07 Å². The van der Waals surface area contributed by atoms with Crippen LogP contribution >= 0.6 is 0 Å². The Labute approximate surface area is 101 Å². The maximum absolute atomic E-state index is 8.57. The number of ether oxygens (including phenoxy) is 1. The molecule has 0 saturated carbocycles. The summed E-state index contributed by atoms with van der Waals surface area (Å²) >= 11 is 0. The van der Waals surface area contributed by atoms with Crippen LogP contribution in [-0.4, -0.2) is 0 Å². The van der Waals surface area contributed by atoms with Crippen LogP contribution in [0.15, 0.2) is 54.6 Å². The first-order valence-electron chi connectivity index (χ1n) is 5.51. The average molecular weight is 223 g/mol. The number of benzene rings is 2. The van der Waals surface area contributed by atoms with Gasteiger partial charge >= 0.3 is 0 Å². The molecular formula is C15H13NO. The Bertz CT molecular complexity index is 497. The normalized spacial score (nSPS) is 9.59. The summed E-state index contributed by atoms with van der Waals surface area (Å²) in [6.45, 7) is 0.552. The molecule has 2 nitrogen and oxygen atoms in total. The van der Waals surface area contributed by atoms with Crippen molar-refractivity contribution >= 4 is 0 Å². The van der Waals surface area contributed by atoms with E-state index in [1.54, 1.807) is 0 Å². The summed E-state index contributed by atoms with van der Waals surface area (Å²) in [4.78, 5) is 0. The third-order valence-electron chi connectivity index (χ3n) is 2.45. The Hall–Kier alpha value is -2.27. The predicted octanol–water partition coefficient (Wildman–Crippen LogP) is 3.33. The molecule has 0 atom stereocenters. The van der Waals surface area contributed by atoms with Gasteiger partial charge in [0.15, 0.2) is 0 Å². The van der Waals surface area contributed by atoms with Gasteiger partial charge in [-0.3, -0.25) is 0 Å². The standard InChI is InChI=1S/C15H13NO/c16-11-10-13-6-8-14(9-7-13)12-17-15-4-2-1-3-5-15/h1-9H,10,12H2. The number of nitrogens with zero attached hydrogens (tertiary/aromatic N) is 1. The van der Waals surface area contributed by atoms with E-state index in [1.807, 2.05) is 54.6 Å². The molecule has 0 fully saturated rings. The molecule has 0 bridgehead atoms. The highest BCUT2D eigenvalue weighted by Crippen LogP contribution is 2.12. The van der Waals surface area contributed by atoms with E-state index in [9.17, 15) is 0 Å². The summed E-state index contributed by atoms with van der Waals surface area (Å²) in [5.74, 6) is 0.869. The molecule has 0 heterocycles. The zero-order valence-corrected chi connectivity index (χ0v) is 9.47. The van der Waals surface area contributed by atoms with Crippen LogP contribution in [0.3, 0.4) is 0 Å². The topological polar surface area (TPSA) is 33.0 Å². The van der Waals surface area contributed by atoms with Crippen molar-refractivity contribution in [2.45, 2.75) is 13.0 Å².